The number of nitrogens with zero attached hydrogens (tertiary/aromatic N) is 1. The van der Waals surface area contributed by atoms with Crippen molar-refractivity contribution in [3.05, 3.63) is 59.4 Å². The minimum Gasteiger partial charge on any atom is -0.349 e. The molecule has 2 amide bonds. The van der Waals surface area contributed by atoms with E-state index >= 15 is 0 Å². The SMILES string of the molecule is CCc1ccccc1NC(=O)c1cccc(C(=O)NC(C)C)n1. The summed E-state index contributed by atoms with van der Waals surface area (Å²) in [6.45, 7) is 5.77. The van der Waals surface area contributed by atoms with Crippen molar-refractivity contribution < 1.29 is 9.59 Å². The smallest absolute Gasteiger partial charge is 0.274 e. The first kappa shape index (κ1) is 16.7. The Morgan fingerprint density at radius 3 is 2.30 bits per heavy atom. The summed E-state index contributed by atoms with van der Waals surface area (Å²) in [5.74, 6) is -0.617. The molecule has 2 N–H and O–H groups in total. The van der Waals surface area contributed by atoms with Gasteiger partial charge in [-0.3, -0.25) is 9.59 Å². The fraction of sp³-hybridized carbons (Fsp3) is 0.278. The van der Waals surface area contributed by atoms with Gasteiger partial charge in [-0.25, -0.2) is 4.98 Å². The van der Waals surface area contributed by atoms with Crippen molar-refractivity contribution in [3.8, 4) is 0 Å². The number of carbonyl (C=O) groups excluding carboxylic acids is 2. The van der Waals surface area contributed by atoms with Crippen molar-refractivity contribution >= 4 is 17.5 Å². The first-order chi connectivity index (χ1) is 11.0. The number of carbonyl (C=O) groups is 2. The van der Waals surface area contributed by atoms with Gasteiger partial charge in [0, 0.05) is 11.7 Å². The van der Waals surface area contributed by atoms with E-state index < -0.39 is 0 Å². The van der Waals surface area contributed by atoms with Crippen molar-refractivity contribution in [2.45, 2.75) is 33.2 Å². The maximum atomic E-state index is 12.4. The molecule has 5 nitrogen and oxygen atoms in total. The predicted octanol–water partition coefficient (Wildman–Crippen LogP) is 3.03. The highest BCUT2D eigenvalue weighted by Gasteiger charge is 2.14. The number of hydrogen-bond donors (Lipinski definition) is 2. The average molecular weight is 311 g/mol. The lowest BCUT2D eigenvalue weighted by atomic mass is 10.1. The molecule has 120 valence electrons. The first-order valence-corrected chi connectivity index (χ1v) is 7.68. The first-order valence-electron chi connectivity index (χ1n) is 7.68. The molecule has 0 saturated carbocycles. The number of anilines is 1. The van der Waals surface area contributed by atoms with Gasteiger partial charge in [-0.2, -0.15) is 0 Å². The van der Waals surface area contributed by atoms with Crippen LogP contribution < -0.4 is 10.6 Å². The van der Waals surface area contributed by atoms with Crippen LogP contribution in [0, 0.1) is 0 Å². The van der Waals surface area contributed by atoms with E-state index in [2.05, 4.69) is 15.6 Å². The van der Waals surface area contributed by atoms with Crippen LogP contribution in [-0.4, -0.2) is 22.8 Å². The van der Waals surface area contributed by atoms with E-state index in [0.29, 0.717) is 0 Å². The van der Waals surface area contributed by atoms with Gasteiger partial charge >= 0.3 is 0 Å². The third-order valence-electron chi connectivity index (χ3n) is 3.28. The summed E-state index contributed by atoms with van der Waals surface area (Å²) in [6.07, 6.45) is 0.820. The van der Waals surface area contributed by atoms with E-state index in [-0.39, 0.29) is 29.2 Å². The zero-order chi connectivity index (χ0) is 16.8. The Morgan fingerprint density at radius 1 is 1.00 bits per heavy atom. The number of hydrogen-bond acceptors (Lipinski definition) is 3. The zero-order valence-electron chi connectivity index (χ0n) is 13.6. The lowest BCUT2D eigenvalue weighted by Crippen LogP contribution is -2.31. The lowest BCUT2D eigenvalue weighted by molar-refractivity contribution is 0.0938. The summed E-state index contributed by atoms with van der Waals surface area (Å²) in [5.41, 5.74) is 2.26. The Balaban J connectivity index is 2.18. The summed E-state index contributed by atoms with van der Waals surface area (Å²) in [5, 5.41) is 5.61. The Kier molecular flexibility index (Phi) is 5.46. The largest absolute Gasteiger partial charge is 0.349 e. The second kappa shape index (κ2) is 7.54. The van der Waals surface area contributed by atoms with E-state index in [1.807, 2.05) is 45.0 Å². The van der Waals surface area contributed by atoms with Gasteiger partial charge in [0.2, 0.25) is 0 Å². The number of amides is 2. The molecular formula is C18H21N3O2. The predicted molar refractivity (Wildman–Crippen MR) is 90.6 cm³/mol. The molecule has 0 atom stereocenters. The van der Waals surface area contributed by atoms with Crippen LogP contribution >= 0.6 is 0 Å². The topological polar surface area (TPSA) is 71.1 Å². The summed E-state index contributed by atoms with van der Waals surface area (Å²) in [6, 6.07) is 12.5. The molecule has 2 aromatic rings. The van der Waals surface area contributed by atoms with Crippen molar-refractivity contribution in [1.29, 1.82) is 0 Å². The molecule has 0 bridgehead atoms. The molecule has 0 spiro atoms. The van der Waals surface area contributed by atoms with Crippen LogP contribution in [0.3, 0.4) is 0 Å². The van der Waals surface area contributed by atoms with Crippen LogP contribution in [0.1, 0.15) is 47.3 Å². The Morgan fingerprint density at radius 2 is 1.65 bits per heavy atom. The molecule has 5 heteroatoms. The molecule has 0 fully saturated rings. The van der Waals surface area contributed by atoms with Crippen LogP contribution in [0.25, 0.3) is 0 Å². The van der Waals surface area contributed by atoms with Gasteiger partial charge in [-0.05, 0) is 44.0 Å². The highest BCUT2D eigenvalue weighted by Crippen LogP contribution is 2.16. The molecule has 1 aromatic carbocycles. The number of nitrogens with one attached hydrogen (secondary N) is 2. The number of aromatic nitrogens is 1. The van der Waals surface area contributed by atoms with Crippen LogP contribution in [-0.2, 0) is 6.42 Å². The summed E-state index contributed by atoms with van der Waals surface area (Å²) >= 11 is 0. The van der Waals surface area contributed by atoms with E-state index in [4.69, 9.17) is 0 Å². The van der Waals surface area contributed by atoms with E-state index in [0.717, 1.165) is 17.7 Å². The van der Waals surface area contributed by atoms with Crippen molar-refractivity contribution in [1.82, 2.24) is 10.3 Å². The van der Waals surface area contributed by atoms with E-state index in [9.17, 15) is 9.59 Å². The number of aryl methyl sites for hydroxylation is 1. The van der Waals surface area contributed by atoms with Crippen molar-refractivity contribution in [2.24, 2.45) is 0 Å². The second-order valence-corrected chi connectivity index (χ2v) is 5.50. The molecule has 0 aliphatic heterocycles. The molecule has 0 saturated heterocycles. The molecule has 1 aromatic heterocycles. The molecule has 0 radical (unpaired) electrons. The van der Waals surface area contributed by atoms with Gasteiger partial charge in [0.05, 0.1) is 0 Å². The minimum absolute atomic E-state index is 0.0122. The Hall–Kier alpha value is -2.69. The minimum atomic E-state index is -0.329. The van der Waals surface area contributed by atoms with Gasteiger partial charge in [-0.15, -0.1) is 0 Å². The van der Waals surface area contributed by atoms with Crippen molar-refractivity contribution in [3.63, 3.8) is 0 Å². The molecule has 0 unspecified atom stereocenters. The fourth-order valence-corrected chi connectivity index (χ4v) is 2.16. The lowest BCUT2D eigenvalue weighted by Gasteiger charge is -2.11. The molecule has 0 aliphatic rings. The highest BCUT2D eigenvalue weighted by atomic mass is 16.2. The van der Waals surface area contributed by atoms with Gasteiger partial charge in [-0.1, -0.05) is 31.2 Å². The monoisotopic (exact) mass is 311 g/mol. The molecular weight excluding hydrogens is 290 g/mol. The van der Waals surface area contributed by atoms with Crippen LogP contribution in [0.2, 0.25) is 0 Å². The number of benzene rings is 1. The summed E-state index contributed by atoms with van der Waals surface area (Å²) in [7, 11) is 0. The van der Waals surface area contributed by atoms with Gasteiger partial charge < -0.3 is 10.6 Å². The average Bonchev–Trinajstić information content (AvgIpc) is 2.55. The van der Waals surface area contributed by atoms with Crippen LogP contribution in [0.5, 0.6) is 0 Å². The second-order valence-electron chi connectivity index (χ2n) is 5.50. The number of rotatable bonds is 5. The number of para-hydroxylation sites is 1. The highest BCUT2D eigenvalue weighted by molar-refractivity contribution is 6.04. The fourth-order valence-electron chi connectivity index (χ4n) is 2.16. The molecule has 0 aliphatic carbocycles. The number of pyridine rings is 1. The molecule has 1 heterocycles. The molecule has 2 rings (SSSR count). The maximum Gasteiger partial charge on any atom is 0.274 e. The van der Waals surface area contributed by atoms with Gasteiger partial charge in [0.1, 0.15) is 11.4 Å². The van der Waals surface area contributed by atoms with Gasteiger partial charge in [0.25, 0.3) is 11.8 Å². The standard InChI is InChI=1S/C18H21N3O2/c1-4-13-8-5-6-9-14(13)21-18(23)16-11-7-10-15(20-16)17(22)19-12(2)3/h5-12H,4H2,1-3H3,(H,19,22)(H,21,23). The third-order valence-corrected chi connectivity index (χ3v) is 3.28. The Bertz CT molecular complexity index is 711. The van der Waals surface area contributed by atoms with Crippen molar-refractivity contribution in [2.75, 3.05) is 5.32 Å². The summed E-state index contributed by atoms with van der Waals surface area (Å²) < 4.78 is 0. The zero-order valence-corrected chi connectivity index (χ0v) is 13.6. The van der Waals surface area contributed by atoms with Crippen LogP contribution in [0.4, 0.5) is 5.69 Å². The van der Waals surface area contributed by atoms with Crippen LogP contribution in [0.15, 0.2) is 42.5 Å². The van der Waals surface area contributed by atoms with E-state index in [1.54, 1.807) is 18.2 Å². The molecule has 23 heavy (non-hydrogen) atoms. The summed E-state index contributed by atoms with van der Waals surface area (Å²) in [4.78, 5) is 28.5. The maximum absolute atomic E-state index is 12.4. The quantitative estimate of drug-likeness (QED) is 0.891. The normalized spacial score (nSPS) is 10.4. The van der Waals surface area contributed by atoms with Gasteiger partial charge in [0.15, 0.2) is 0 Å². The Labute approximate surface area is 136 Å². The third kappa shape index (κ3) is 4.39. The van der Waals surface area contributed by atoms with E-state index in [1.165, 1.54) is 0 Å².